The summed E-state index contributed by atoms with van der Waals surface area (Å²) in [5.74, 6) is 1.59. The summed E-state index contributed by atoms with van der Waals surface area (Å²) in [5.41, 5.74) is 0. The fourth-order valence-electron chi connectivity index (χ4n) is 2.94. The first kappa shape index (κ1) is 15.0. The molecule has 0 spiro atoms. The highest BCUT2D eigenvalue weighted by atomic mass is 15.2. The fraction of sp³-hybridized carbons (Fsp3) is 1.00. The Morgan fingerprint density at radius 3 is 2.47 bits per heavy atom. The highest BCUT2D eigenvalue weighted by Gasteiger charge is 2.28. The summed E-state index contributed by atoms with van der Waals surface area (Å²) in [5, 5.41) is 3.71. The maximum atomic E-state index is 3.71. The second kappa shape index (κ2) is 7.38. The molecule has 1 aliphatic heterocycles. The quantitative estimate of drug-likeness (QED) is 0.767. The second-order valence-electron chi connectivity index (χ2n) is 6.17. The second-order valence-corrected chi connectivity index (χ2v) is 6.17. The molecule has 1 rings (SSSR count). The molecule has 0 radical (unpaired) electrons. The van der Waals surface area contributed by atoms with Gasteiger partial charge < -0.3 is 5.32 Å². The minimum atomic E-state index is 0.687. The number of hydrogen-bond acceptors (Lipinski definition) is 2. The Bertz CT molecular complexity index is 203. The molecule has 1 N–H and O–H groups in total. The average molecular weight is 240 g/mol. The van der Waals surface area contributed by atoms with Crippen molar-refractivity contribution in [2.24, 2.45) is 11.8 Å². The molecule has 0 saturated carbocycles. The van der Waals surface area contributed by atoms with Crippen LogP contribution in [0, 0.1) is 11.8 Å². The van der Waals surface area contributed by atoms with Crippen LogP contribution in [0.1, 0.15) is 53.9 Å². The zero-order valence-corrected chi connectivity index (χ0v) is 12.5. The molecular formula is C15H32N2. The van der Waals surface area contributed by atoms with E-state index in [4.69, 9.17) is 0 Å². The number of piperazine rings is 1. The molecular weight excluding hydrogens is 208 g/mol. The van der Waals surface area contributed by atoms with Crippen LogP contribution in [0.5, 0.6) is 0 Å². The Morgan fingerprint density at radius 1 is 1.24 bits per heavy atom. The van der Waals surface area contributed by atoms with Crippen LogP contribution in [-0.2, 0) is 0 Å². The Hall–Kier alpha value is -0.0800. The van der Waals surface area contributed by atoms with Crippen molar-refractivity contribution in [2.45, 2.75) is 66.0 Å². The molecule has 17 heavy (non-hydrogen) atoms. The molecule has 3 unspecified atom stereocenters. The van der Waals surface area contributed by atoms with Gasteiger partial charge in [0, 0.05) is 31.7 Å². The Kier molecular flexibility index (Phi) is 6.50. The molecule has 2 nitrogen and oxygen atoms in total. The van der Waals surface area contributed by atoms with Gasteiger partial charge in [0.25, 0.3) is 0 Å². The predicted molar refractivity (Wildman–Crippen MR) is 76.4 cm³/mol. The normalized spacial score (nSPS) is 28.6. The van der Waals surface area contributed by atoms with Crippen molar-refractivity contribution < 1.29 is 0 Å². The van der Waals surface area contributed by atoms with E-state index in [-0.39, 0.29) is 0 Å². The van der Waals surface area contributed by atoms with Crippen molar-refractivity contribution in [3.05, 3.63) is 0 Å². The molecule has 0 aliphatic carbocycles. The van der Waals surface area contributed by atoms with E-state index in [1.807, 2.05) is 0 Å². The van der Waals surface area contributed by atoms with E-state index in [9.17, 15) is 0 Å². The van der Waals surface area contributed by atoms with Gasteiger partial charge in [-0.05, 0) is 24.7 Å². The van der Waals surface area contributed by atoms with Crippen LogP contribution in [0.2, 0.25) is 0 Å². The first-order valence-corrected chi connectivity index (χ1v) is 7.55. The first-order chi connectivity index (χ1) is 8.08. The summed E-state index contributed by atoms with van der Waals surface area (Å²) < 4.78 is 0. The minimum Gasteiger partial charge on any atom is -0.311 e. The fourth-order valence-corrected chi connectivity index (χ4v) is 2.94. The third-order valence-electron chi connectivity index (χ3n) is 4.17. The number of rotatable bonds is 6. The largest absolute Gasteiger partial charge is 0.311 e. The Balaban J connectivity index is 2.50. The van der Waals surface area contributed by atoms with Crippen LogP contribution in [0.3, 0.4) is 0 Å². The first-order valence-electron chi connectivity index (χ1n) is 7.55. The summed E-state index contributed by atoms with van der Waals surface area (Å²) in [6.45, 7) is 15.4. The van der Waals surface area contributed by atoms with Gasteiger partial charge in [-0.2, -0.15) is 0 Å². The van der Waals surface area contributed by atoms with Crippen LogP contribution < -0.4 is 5.32 Å². The molecule has 0 amide bonds. The molecule has 1 saturated heterocycles. The van der Waals surface area contributed by atoms with Gasteiger partial charge in [-0.25, -0.2) is 0 Å². The molecule has 102 valence electrons. The van der Waals surface area contributed by atoms with Crippen LogP contribution in [-0.4, -0.2) is 36.6 Å². The van der Waals surface area contributed by atoms with Crippen molar-refractivity contribution >= 4 is 0 Å². The third kappa shape index (κ3) is 4.59. The van der Waals surface area contributed by atoms with Gasteiger partial charge in [-0.3, -0.25) is 4.90 Å². The summed E-state index contributed by atoms with van der Waals surface area (Å²) >= 11 is 0. The monoisotopic (exact) mass is 240 g/mol. The molecule has 0 bridgehead atoms. The average Bonchev–Trinajstić information content (AvgIpc) is 2.29. The highest BCUT2D eigenvalue weighted by molar-refractivity contribution is 4.87. The molecule has 3 atom stereocenters. The SMILES string of the molecule is CCCC(C)CN1CC(C(C)C)NCC1CC. The van der Waals surface area contributed by atoms with E-state index in [0.717, 1.165) is 17.9 Å². The molecule has 0 aromatic heterocycles. The molecule has 0 aromatic carbocycles. The lowest BCUT2D eigenvalue weighted by Crippen LogP contribution is -2.58. The van der Waals surface area contributed by atoms with E-state index in [1.54, 1.807) is 0 Å². The van der Waals surface area contributed by atoms with E-state index >= 15 is 0 Å². The topological polar surface area (TPSA) is 15.3 Å². The lowest BCUT2D eigenvalue weighted by molar-refractivity contribution is 0.0938. The van der Waals surface area contributed by atoms with Gasteiger partial charge in [0.05, 0.1) is 0 Å². The van der Waals surface area contributed by atoms with Crippen molar-refractivity contribution in [1.82, 2.24) is 10.2 Å². The van der Waals surface area contributed by atoms with Crippen LogP contribution >= 0.6 is 0 Å². The highest BCUT2D eigenvalue weighted by Crippen LogP contribution is 2.18. The Labute approximate surface area is 108 Å². The summed E-state index contributed by atoms with van der Waals surface area (Å²) in [6, 6.07) is 1.44. The van der Waals surface area contributed by atoms with Crippen LogP contribution in [0.25, 0.3) is 0 Å². The van der Waals surface area contributed by atoms with Gasteiger partial charge in [0.2, 0.25) is 0 Å². The summed E-state index contributed by atoms with van der Waals surface area (Å²) in [4.78, 5) is 2.74. The number of hydrogen-bond donors (Lipinski definition) is 1. The summed E-state index contributed by atoms with van der Waals surface area (Å²) in [6.07, 6.45) is 3.96. The smallest absolute Gasteiger partial charge is 0.0218 e. The molecule has 2 heteroatoms. The van der Waals surface area contributed by atoms with Crippen molar-refractivity contribution in [3.8, 4) is 0 Å². The number of nitrogens with one attached hydrogen (secondary N) is 1. The minimum absolute atomic E-state index is 0.687. The predicted octanol–water partition coefficient (Wildman–Crippen LogP) is 3.13. The van der Waals surface area contributed by atoms with Gasteiger partial charge in [-0.1, -0.05) is 41.0 Å². The lowest BCUT2D eigenvalue weighted by Gasteiger charge is -2.42. The van der Waals surface area contributed by atoms with Crippen molar-refractivity contribution in [2.75, 3.05) is 19.6 Å². The van der Waals surface area contributed by atoms with Gasteiger partial charge in [-0.15, -0.1) is 0 Å². The van der Waals surface area contributed by atoms with E-state index in [1.165, 1.54) is 38.9 Å². The van der Waals surface area contributed by atoms with Crippen molar-refractivity contribution in [3.63, 3.8) is 0 Å². The molecule has 1 aliphatic rings. The maximum Gasteiger partial charge on any atom is 0.0218 e. The Morgan fingerprint density at radius 2 is 1.94 bits per heavy atom. The van der Waals surface area contributed by atoms with E-state index in [2.05, 4.69) is 44.8 Å². The molecule has 1 fully saturated rings. The van der Waals surface area contributed by atoms with E-state index < -0.39 is 0 Å². The van der Waals surface area contributed by atoms with Crippen molar-refractivity contribution in [1.29, 1.82) is 0 Å². The maximum absolute atomic E-state index is 3.71. The van der Waals surface area contributed by atoms with Gasteiger partial charge >= 0.3 is 0 Å². The van der Waals surface area contributed by atoms with Crippen LogP contribution in [0.4, 0.5) is 0 Å². The van der Waals surface area contributed by atoms with Gasteiger partial charge in [0.1, 0.15) is 0 Å². The molecule has 0 aromatic rings. The standard InChI is InChI=1S/C15H32N2/c1-6-8-13(5)10-17-11-15(12(3)4)16-9-14(17)7-2/h12-16H,6-11H2,1-5H3. The zero-order chi connectivity index (χ0) is 12.8. The molecule has 1 heterocycles. The third-order valence-corrected chi connectivity index (χ3v) is 4.17. The van der Waals surface area contributed by atoms with Gasteiger partial charge in [0.15, 0.2) is 0 Å². The lowest BCUT2D eigenvalue weighted by atomic mass is 9.96. The number of nitrogens with zero attached hydrogens (tertiary/aromatic N) is 1. The summed E-state index contributed by atoms with van der Waals surface area (Å²) in [7, 11) is 0. The van der Waals surface area contributed by atoms with Crippen LogP contribution in [0.15, 0.2) is 0 Å². The van der Waals surface area contributed by atoms with E-state index in [0.29, 0.717) is 6.04 Å². The zero-order valence-electron chi connectivity index (χ0n) is 12.5.